The highest BCUT2D eigenvalue weighted by Gasteiger charge is 2.35. The summed E-state index contributed by atoms with van der Waals surface area (Å²) < 4.78 is 64.5. The van der Waals surface area contributed by atoms with E-state index in [0.29, 0.717) is 38.2 Å². The van der Waals surface area contributed by atoms with Gasteiger partial charge in [-0.05, 0) is 42.6 Å². The fourth-order valence-electron chi connectivity index (χ4n) is 3.11. The number of alkyl halides is 3. The number of halogens is 3. The van der Waals surface area contributed by atoms with Gasteiger partial charge in [-0.1, -0.05) is 6.07 Å². The van der Waals surface area contributed by atoms with E-state index in [2.05, 4.69) is 20.6 Å². The first kappa shape index (κ1) is 22.2. The third kappa shape index (κ3) is 5.37. The summed E-state index contributed by atoms with van der Waals surface area (Å²) in [6, 6.07) is 5.34. The highest BCUT2D eigenvalue weighted by molar-refractivity contribution is 7.88. The van der Waals surface area contributed by atoms with E-state index in [1.807, 2.05) is 6.07 Å². The number of nitrogens with zero attached hydrogens (tertiary/aromatic N) is 3. The lowest BCUT2D eigenvalue weighted by Crippen LogP contribution is -2.35. The fourth-order valence-corrected chi connectivity index (χ4v) is 3.91. The minimum Gasteiger partial charge on any atom is -0.369 e. The molecular weight excluding hydrogens is 421 g/mol. The third-order valence-electron chi connectivity index (χ3n) is 4.68. The number of nitrogens with two attached hydrogens (primary N) is 1. The van der Waals surface area contributed by atoms with Crippen LogP contribution in [0.4, 0.5) is 30.6 Å². The van der Waals surface area contributed by atoms with Crippen LogP contribution in [0.5, 0.6) is 0 Å². The highest BCUT2D eigenvalue weighted by Crippen LogP contribution is 2.34. The summed E-state index contributed by atoms with van der Waals surface area (Å²) in [5.41, 5.74) is 6.90. The van der Waals surface area contributed by atoms with Gasteiger partial charge in [-0.3, -0.25) is 0 Å². The van der Waals surface area contributed by atoms with Crippen LogP contribution in [0, 0.1) is 0 Å². The number of anilines is 3. The van der Waals surface area contributed by atoms with Crippen molar-refractivity contribution in [3.8, 4) is 0 Å². The molecule has 3 rings (SSSR count). The Balaban J connectivity index is 1.80. The maximum absolute atomic E-state index is 13.2. The third-order valence-corrected chi connectivity index (χ3v) is 5.93. The second kappa shape index (κ2) is 8.74. The zero-order valence-electron chi connectivity index (χ0n) is 16.3. The predicted molar refractivity (Wildman–Crippen MR) is 108 cm³/mol. The SMILES string of the molecule is CS(=O)(=O)N1CCc2cc(Nc3ncc(C(F)(F)F)c(NCCCN)n3)ccc2C1. The molecule has 12 heteroatoms. The minimum atomic E-state index is -4.58. The molecule has 0 saturated carbocycles. The summed E-state index contributed by atoms with van der Waals surface area (Å²) in [6.45, 7) is 1.27. The van der Waals surface area contributed by atoms with E-state index in [9.17, 15) is 21.6 Å². The van der Waals surface area contributed by atoms with Gasteiger partial charge in [0.1, 0.15) is 11.4 Å². The van der Waals surface area contributed by atoms with Crippen molar-refractivity contribution in [2.75, 3.05) is 36.5 Å². The van der Waals surface area contributed by atoms with E-state index in [4.69, 9.17) is 5.73 Å². The van der Waals surface area contributed by atoms with Crippen molar-refractivity contribution in [1.82, 2.24) is 14.3 Å². The summed E-state index contributed by atoms with van der Waals surface area (Å²) >= 11 is 0. The van der Waals surface area contributed by atoms with E-state index in [0.717, 1.165) is 17.3 Å². The summed E-state index contributed by atoms with van der Waals surface area (Å²) in [5.74, 6) is -0.290. The van der Waals surface area contributed by atoms with Gasteiger partial charge < -0.3 is 16.4 Å². The number of aromatic nitrogens is 2. The predicted octanol–water partition coefficient (Wildman–Crippen LogP) is 2.32. The average molecular weight is 444 g/mol. The zero-order valence-corrected chi connectivity index (χ0v) is 17.1. The molecule has 2 aromatic rings. The zero-order chi connectivity index (χ0) is 21.9. The first-order valence-corrected chi connectivity index (χ1v) is 11.1. The van der Waals surface area contributed by atoms with Crippen molar-refractivity contribution in [2.24, 2.45) is 5.73 Å². The largest absolute Gasteiger partial charge is 0.421 e. The van der Waals surface area contributed by atoms with Gasteiger partial charge >= 0.3 is 6.18 Å². The molecule has 0 fully saturated rings. The van der Waals surface area contributed by atoms with Gasteiger partial charge in [0, 0.05) is 31.5 Å². The number of hydrogen-bond donors (Lipinski definition) is 3. The quantitative estimate of drug-likeness (QED) is 0.562. The lowest BCUT2D eigenvalue weighted by molar-refractivity contribution is -0.137. The molecule has 2 heterocycles. The Labute approximate surface area is 172 Å². The van der Waals surface area contributed by atoms with Crippen LogP contribution < -0.4 is 16.4 Å². The molecule has 0 spiro atoms. The average Bonchev–Trinajstić information content (AvgIpc) is 2.66. The number of sulfonamides is 1. The number of nitrogens with one attached hydrogen (secondary N) is 2. The first-order chi connectivity index (χ1) is 14.1. The fraction of sp³-hybridized carbons (Fsp3) is 0.444. The summed E-state index contributed by atoms with van der Waals surface area (Å²) in [6.07, 6.45) is -1.63. The maximum Gasteiger partial charge on any atom is 0.421 e. The molecule has 0 bridgehead atoms. The first-order valence-electron chi connectivity index (χ1n) is 9.30. The van der Waals surface area contributed by atoms with Gasteiger partial charge in [-0.15, -0.1) is 0 Å². The van der Waals surface area contributed by atoms with Crippen molar-refractivity contribution >= 4 is 27.5 Å². The molecule has 0 atom stereocenters. The van der Waals surface area contributed by atoms with Crippen LogP contribution in [0.25, 0.3) is 0 Å². The molecule has 0 saturated heterocycles. The molecule has 1 aliphatic rings. The number of fused-ring (bicyclic) bond motifs is 1. The Morgan fingerprint density at radius 1 is 1.27 bits per heavy atom. The van der Waals surface area contributed by atoms with Crippen molar-refractivity contribution in [3.05, 3.63) is 41.1 Å². The van der Waals surface area contributed by atoms with E-state index < -0.39 is 21.8 Å². The van der Waals surface area contributed by atoms with Crippen LogP contribution in [-0.4, -0.2) is 48.6 Å². The van der Waals surface area contributed by atoms with Crippen LogP contribution in [-0.2, 0) is 29.2 Å². The van der Waals surface area contributed by atoms with E-state index in [1.54, 1.807) is 12.1 Å². The molecule has 4 N–H and O–H groups in total. The Hall–Kier alpha value is -2.44. The molecule has 1 aliphatic heterocycles. The molecule has 1 aromatic heterocycles. The lowest BCUT2D eigenvalue weighted by atomic mass is 10.0. The van der Waals surface area contributed by atoms with Crippen LogP contribution in [0.1, 0.15) is 23.1 Å². The van der Waals surface area contributed by atoms with Crippen molar-refractivity contribution in [1.29, 1.82) is 0 Å². The van der Waals surface area contributed by atoms with Crippen molar-refractivity contribution in [2.45, 2.75) is 25.6 Å². The Morgan fingerprint density at radius 3 is 2.70 bits per heavy atom. The van der Waals surface area contributed by atoms with Crippen molar-refractivity contribution in [3.63, 3.8) is 0 Å². The lowest BCUT2D eigenvalue weighted by Gasteiger charge is -2.27. The normalized spacial score (nSPS) is 15.0. The Morgan fingerprint density at radius 2 is 2.03 bits per heavy atom. The topological polar surface area (TPSA) is 113 Å². The molecular formula is C18H23F3N6O2S. The van der Waals surface area contributed by atoms with Gasteiger partial charge in [0.05, 0.1) is 6.26 Å². The maximum atomic E-state index is 13.2. The number of hydrogen-bond acceptors (Lipinski definition) is 7. The number of benzene rings is 1. The van der Waals surface area contributed by atoms with Gasteiger partial charge in [-0.2, -0.15) is 22.5 Å². The van der Waals surface area contributed by atoms with Crippen LogP contribution in [0.3, 0.4) is 0 Å². The van der Waals surface area contributed by atoms with E-state index in [-0.39, 0.29) is 18.3 Å². The van der Waals surface area contributed by atoms with Gasteiger partial charge in [0.15, 0.2) is 0 Å². The van der Waals surface area contributed by atoms with Crippen LogP contribution in [0.15, 0.2) is 24.4 Å². The minimum absolute atomic E-state index is 0.0202. The van der Waals surface area contributed by atoms with E-state index >= 15 is 0 Å². The summed E-state index contributed by atoms with van der Waals surface area (Å²) in [5, 5.41) is 5.58. The van der Waals surface area contributed by atoms with Crippen molar-refractivity contribution < 1.29 is 21.6 Å². The molecule has 8 nitrogen and oxygen atoms in total. The molecule has 0 aliphatic carbocycles. The summed E-state index contributed by atoms with van der Waals surface area (Å²) in [7, 11) is -3.27. The number of rotatable bonds is 7. The molecule has 0 unspecified atom stereocenters. The Kier molecular flexibility index (Phi) is 6.48. The second-order valence-corrected chi connectivity index (χ2v) is 8.96. The molecule has 164 valence electrons. The van der Waals surface area contributed by atoms with Crippen LogP contribution >= 0.6 is 0 Å². The standard InChI is InChI=1S/C18H23F3N6O2S/c1-30(28,29)27-8-5-12-9-14(4-3-13(12)11-27)25-17-24-10-15(18(19,20)21)16(26-17)23-7-2-6-22/h3-4,9-10H,2,5-8,11,22H2,1H3,(H2,23,24,25,26). The summed E-state index contributed by atoms with van der Waals surface area (Å²) in [4.78, 5) is 7.77. The smallest absolute Gasteiger partial charge is 0.369 e. The second-order valence-electron chi connectivity index (χ2n) is 6.98. The van der Waals surface area contributed by atoms with Gasteiger partial charge in [-0.25, -0.2) is 13.4 Å². The molecule has 30 heavy (non-hydrogen) atoms. The molecule has 1 aromatic carbocycles. The highest BCUT2D eigenvalue weighted by atomic mass is 32.2. The molecule has 0 amide bonds. The Bertz CT molecular complexity index is 1010. The monoisotopic (exact) mass is 444 g/mol. The van der Waals surface area contributed by atoms with Gasteiger partial charge in [0.25, 0.3) is 0 Å². The van der Waals surface area contributed by atoms with Crippen LogP contribution in [0.2, 0.25) is 0 Å². The molecule has 0 radical (unpaired) electrons. The van der Waals surface area contributed by atoms with E-state index in [1.165, 1.54) is 10.6 Å². The van der Waals surface area contributed by atoms with Gasteiger partial charge in [0.2, 0.25) is 16.0 Å².